The molecule has 4 rings (SSSR count). The zero-order valence-electron chi connectivity index (χ0n) is 16.2. The fourth-order valence-corrected chi connectivity index (χ4v) is 5.20. The van der Waals surface area contributed by atoms with Gasteiger partial charge in [-0.25, -0.2) is 0 Å². The van der Waals surface area contributed by atoms with Crippen LogP contribution in [0, 0.1) is 5.92 Å². The smallest absolute Gasteiger partial charge is 0.311 e. The van der Waals surface area contributed by atoms with E-state index in [1.54, 1.807) is 0 Å². The van der Waals surface area contributed by atoms with Crippen LogP contribution in [0.4, 0.5) is 0 Å². The summed E-state index contributed by atoms with van der Waals surface area (Å²) >= 11 is 0. The number of piperazine rings is 1. The van der Waals surface area contributed by atoms with E-state index < -0.39 is 11.9 Å². The maximum atomic E-state index is 12.5. The van der Waals surface area contributed by atoms with Gasteiger partial charge in [0, 0.05) is 32.2 Å². The van der Waals surface area contributed by atoms with E-state index in [1.807, 2.05) is 24.3 Å². The first-order chi connectivity index (χ1) is 13.1. The summed E-state index contributed by atoms with van der Waals surface area (Å²) < 4.78 is 0. The molecule has 2 aliphatic rings. The molecule has 2 fully saturated rings. The van der Waals surface area contributed by atoms with Crippen LogP contribution >= 0.6 is 0 Å². The Morgan fingerprint density at radius 3 is 2.48 bits per heavy atom. The molecule has 0 aromatic heterocycles. The van der Waals surface area contributed by atoms with E-state index in [9.17, 15) is 9.90 Å². The molecule has 4 nitrogen and oxygen atoms in total. The number of aliphatic carboxylic acids is 1. The van der Waals surface area contributed by atoms with Crippen molar-refractivity contribution < 1.29 is 9.90 Å². The van der Waals surface area contributed by atoms with Crippen molar-refractivity contribution in [2.24, 2.45) is 5.92 Å². The molecular weight excluding hydrogens is 336 g/mol. The molecule has 27 heavy (non-hydrogen) atoms. The van der Waals surface area contributed by atoms with E-state index >= 15 is 0 Å². The van der Waals surface area contributed by atoms with Gasteiger partial charge in [-0.05, 0) is 42.1 Å². The Labute approximate surface area is 161 Å². The van der Waals surface area contributed by atoms with Gasteiger partial charge in [-0.3, -0.25) is 9.69 Å². The van der Waals surface area contributed by atoms with Crippen molar-refractivity contribution in [3.05, 3.63) is 48.0 Å². The normalized spacial score (nSPS) is 26.1. The molecule has 3 unspecified atom stereocenters. The lowest BCUT2D eigenvalue weighted by Crippen LogP contribution is -2.53. The van der Waals surface area contributed by atoms with E-state index in [2.05, 4.69) is 35.0 Å². The van der Waals surface area contributed by atoms with Crippen LogP contribution in [0.15, 0.2) is 42.5 Å². The topological polar surface area (TPSA) is 43.8 Å². The average Bonchev–Trinajstić information content (AvgIpc) is 2.69. The molecule has 1 aliphatic carbocycles. The number of hydrogen-bond acceptors (Lipinski definition) is 3. The van der Waals surface area contributed by atoms with E-state index in [4.69, 9.17) is 0 Å². The van der Waals surface area contributed by atoms with Gasteiger partial charge in [0.05, 0.1) is 5.92 Å². The highest BCUT2D eigenvalue weighted by molar-refractivity contribution is 5.91. The fraction of sp³-hybridized carbons (Fsp3) is 0.522. The fourth-order valence-electron chi connectivity index (χ4n) is 5.20. The average molecular weight is 367 g/mol. The van der Waals surface area contributed by atoms with Crippen LogP contribution in [-0.2, 0) is 4.79 Å². The number of hydrogen-bond donors (Lipinski definition) is 1. The van der Waals surface area contributed by atoms with Crippen LogP contribution in [0.1, 0.15) is 37.2 Å². The number of nitrogens with zero attached hydrogens (tertiary/aromatic N) is 2. The molecule has 0 radical (unpaired) electrons. The van der Waals surface area contributed by atoms with Gasteiger partial charge in [-0.2, -0.15) is 0 Å². The molecule has 0 bridgehead atoms. The highest BCUT2D eigenvalue weighted by Gasteiger charge is 2.40. The lowest BCUT2D eigenvalue weighted by Gasteiger charge is -2.45. The van der Waals surface area contributed by atoms with Crippen molar-refractivity contribution in [2.45, 2.75) is 37.6 Å². The van der Waals surface area contributed by atoms with Gasteiger partial charge in [-0.1, -0.05) is 55.3 Å². The number of rotatable bonds is 4. The first-order valence-corrected chi connectivity index (χ1v) is 10.3. The van der Waals surface area contributed by atoms with Crippen LogP contribution in [0.3, 0.4) is 0 Å². The molecule has 1 heterocycles. The Bertz CT molecular complexity index is 793. The van der Waals surface area contributed by atoms with Crippen LogP contribution < -0.4 is 0 Å². The second-order valence-corrected chi connectivity index (χ2v) is 8.24. The maximum Gasteiger partial charge on any atom is 0.311 e. The Morgan fingerprint density at radius 2 is 1.70 bits per heavy atom. The number of carbonyl (C=O) groups is 1. The Balaban J connectivity index is 1.70. The van der Waals surface area contributed by atoms with Crippen LogP contribution in [0.5, 0.6) is 0 Å². The summed E-state index contributed by atoms with van der Waals surface area (Å²) in [5.41, 5.74) is 0.992. The van der Waals surface area contributed by atoms with Crippen molar-refractivity contribution in [1.29, 1.82) is 0 Å². The lowest BCUT2D eigenvalue weighted by molar-refractivity contribution is -0.141. The first kappa shape index (κ1) is 18.5. The van der Waals surface area contributed by atoms with Gasteiger partial charge in [0.15, 0.2) is 0 Å². The summed E-state index contributed by atoms with van der Waals surface area (Å²) in [6.45, 7) is 4.27. The molecule has 2 aromatic rings. The summed E-state index contributed by atoms with van der Waals surface area (Å²) in [5, 5.41) is 12.5. The highest BCUT2D eigenvalue weighted by atomic mass is 16.4. The Kier molecular flexibility index (Phi) is 5.46. The van der Waals surface area contributed by atoms with Gasteiger partial charge < -0.3 is 10.0 Å². The number of benzene rings is 2. The zero-order chi connectivity index (χ0) is 18.8. The minimum absolute atomic E-state index is 0.186. The second kappa shape index (κ2) is 7.99. The Morgan fingerprint density at radius 1 is 1.00 bits per heavy atom. The quantitative estimate of drug-likeness (QED) is 0.893. The summed E-state index contributed by atoms with van der Waals surface area (Å²) in [5.74, 6) is -0.913. The van der Waals surface area contributed by atoms with E-state index in [0.29, 0.717) is 6.04 Å². The number of carboxylic acid groups (broad SMARTS) is 1. The molecule has 0 amide bonds. The second-order valence-electron chi connectivity index (χ2n) is 8.24. The molecular formula is C23H30N2O2. The molecule has 1 aliphatic heterocycles. The summed E-state index contributed by atoms with van der Waals surface area (Å²) in [7, 11) is 2.17. The minimum atomic E-state index is -0.669. The van der Waals surface area contributed by atoms with Crippen molar-refractivity contribution in [1.82, 2.24) is 9.80 Å². The standard InChI is InChI=1S/C23H30N2O2/c1-24-13-15-25(16-14-24)21-12-5-4-10-20(21)22(23(26)27)19-11-6-8-17-7-2-3-9-18(17)19/h2-3,6-9,11,20-22H,4-5,10,12-16H2,1H3,(H,26,27). The SMILES string of the molecule is CN1CCN(C2CCCCC2C(C(=O)O)c2cccc3ccccc23)CC1. The van der Waals surface area contributed by atoms with Gasteiger partial charge in [-0.15, -0.1) is 0 Å². The molecule has 144 valence electrons. The summed E-state index contributed by atoms with van der Waals surface area (Å²) in [4.78, 5) is 17.4. The monoisotopic (exact) mass is 366 g/mol. The largest absolute Gasteiger partial charge is 0.481 e. The predicted octanol–water partition coefficient (Wildman–Crippen LogP) is 3.81. The maximum absolute atomic E-state index is 12.5. The van der Waals surface area contributed by atoms with E-state index in [-0.39, 0.29) is 5.92 Å². The molecule has 1 saturated heterocycles. The molecule has 4 heteroatoms. The third kappa shape index (κ3) is 3.74. The van der Waals surface area contributed by atoms with Crippen LogP contribution in [0.25, 0.3) is 10.8 Å². The molecule has 0 spiro atoms. The number of carboxylic acids is 1. The van der Waals surface area contributed by atoms with E-state index in [0.717, 1.165) is 61.8 Å². The molecule has 1 N–H and O–H groups in total. The van der Waals surface area contributed by atoms with Crippen molar-refractivity contribution in [3.63, 3.8) is 0 Å². The number of fused-ring (bicyclic) bond motifs is 1. The third-order valence-corrected chi connectivity index (χ3v) is 6.64. The molecule has 3 atom stereocenters. The zero-order valence-corrected chi connectivity index (χ0v) is 16.2. The minimum Gasteiger partial charge on any atom is -0.481 e. The molecule has 2 aromatic carbocycles. The van der Waals surface area contributed by atoms with Gasteiger partial charge in [0.1, 0.15) is 0 Å². The summed E-state index contributed by atoms with van der Waals surface area (Å²) in [6, 6.07) is 14.7. The van der Waals surface area contributed by atoms with Gasteiger partial charge in [0.2, 0.25) is 0 Å². The first-order valence-electron chi connectivity index (χ1n) is 10.3. The summed E-state index contributed by atoms with van der Waals surface area (Å²) in [6.07, 6.45) is 4.50. The predicted molar refractivity (Wildman–Crippen MR) is 109 cm³/mol. The lowest BCUT2D eigenvalue weighted by atomic mass is 9.72. The van der Waals surface area contributed by atoms with Gasteiger partial charge >= 0.3 is 5.97 Å². The Hall–Kier alpha value is -1.91. The van der Waals surface area contributed by atoms with Crippen molar-refractivity contribution in [2.75, 3.05) is 33.2 Å². The molecule has 1 saturated carbocycles. The van der Waals surface area contributed by atoms with Crippen molar-refractivity contribution >= 4 is 16.7 Å². The van der Waals surface area contributed by atoms with Crippen LogP contribution in [0.2, 0.25) is 0 Å². The van der Waals surface area contributed by atoms with Crippen molar-refractivity contribution in [3.8, 4) is 0 Å². The van der Waals surface area contributed by atoms with Gasteiger partial charge in [0.25, 0.3) is 0 Å². The highest BCUT2D eigenvalue weighted by Crippen LogP contribution is 2.41. The van der Waals surface area contributed by atoms with E-state index in [1.165, 1.54) is 6.42 Å². The number of likely N-dealkylation sites (N-methyl/N-ethyl adjacent to an activating group) is 1. The van der Waals surface area contributed by atoms with Crippen LogP contribution in [-0.4, -0.2) is 60.1 Å². The third-order valence-electron chi connectivity index (χ3n) is 6.64.